The molecule has 1 aromatic rings. The highest BCUT2D eigenvalue weighted by Gasteiger charge is 2.25. The van der Waals surface area contributed by atoms with Gasteiger partial charge >= 0.3 is 0 Å². The van der Waals surface area contributed by atoms with Gasteiger partial charge in [-0.15, -0.1) is 0 Å². The van der Waals surface area contributed by atoms with Crippen LogP contribution in [0, 0.1) is 5.92 Å². The third kappa shape index (κ3) is 5.37. The molecular formula is C18H25Cl2NO2. The van der Waals surface area contributed by atoms with Crippen LogP contribution in [0.4, 0.5) is 0 Å². The van der Waals surface area contributed by atoms with Gasteiger partial charge in [0.15, 0.2) is 0 Å². The van der Waals surface area contributed by atoms with Crippen LogP contribution in [-0.4, -0.2) is 23.7 Å². The van der Waals surface area contributed by atoms with E-state index in [0.29, 0.717) is 28.9 Å². The van der Waals surface area contributed by atoms with Gasteiger partial charge in [-0.1, -0.05) is 43.1 Å². The molecule has 0 bridgehead atoms. The zero-order valence-corrected chi connectivity index (χ0v) is 15.3. The van der Waals surface area contributed by atoms with Crippen molar-refractivity contribution in [2.24, 2.45) is 5.92 Å². The van der Waals surface area contributed by atoms with E-state index in [1.165, 1.54) is 0 Å². The van der Waals surface area contributed by atoms with Gasteiger partial charge in [0, 0.05) is 18.4 Å². The van der Waals surface area contributed by atoms with Gasteiger partial charge in [0.05, 0.1) is 16.1 Å². The summed E-state index contributed by atoms with van der Waals surface area (Å²) in [5.74, 6) is 0.478. The van der Waals surface area contributed by atoms with Crippen molar-refractivity contribution in [3.05, 3.63) is 33.8 Å². The van der Waals surface area contributed by atoms with Crippen molar-refractivity contribution in [2.45, 2.75) is 57.5 Å². The molecule has 1 aliphatic carbocycles. The Morgan fingerprint density at radius 2 is 1.87 bits per heavy atom. The van der Waals surface area contributed by atoms with E-state index in [0.717, 1.165) is 31.2 Å². The summed E-state index contributed by atoms with van der Waals surface area (Å²) in [5, 5.41) is 13.6. The number of carbonyl (C=O) groups excluding carboxylic acids is 1. The van der Waals surface area contributed by atoms with Gasteiger partial charge in [-0.3, -0.25) is 4.79 Å². The lowest BCUT2D eigenvalue weighted by Crippen LogP contribution is -2.37. The number of hydrogen-bond acceptors (Lipinski definition) is 2. The normalized spacial score (nSPS) is 22.0. The highest BCUT2D eigenvalue weighted by atomic mass is 35.5. The molecule has 1 saturated carbocycles. The fourth-order valence-electron chi connectivity index (χ4n) is 3.02. The molecule has 3 nitrogen and oxygen atoms in total. The molecule has 0 heterocycles. The van der Waals surface area contributed by atoms with Crippen LogP contribution < -0.4 is 5.32 Å². The SMILES string of the molecule is CC(C)(CNC(=O)CC1CCC(O)CC1)c1ccc(Cl)c(Cl)c1. The van der Waals surface area contributed by atoms with Gasteiger partial charge < -0.3 is 10.4 Å². The van der Waals surface area contributed by atoms with Crippen LogP contribution in [0.15, 0.2) is 18.2 Å². The molecule has 0 atom stereocenters. The molecule has 0 unspecified atom stereocenters. The smallest absolute Gasteiger partial charge is 0.220 e. The van der Waals surface area contributed by atoms with Crippen molar-refractivity contribution in [1.82, 2.24) is 5.32 Å². The summed E-state index contributed by atoms with van der Waals surface area (Å²) in [5.41, 5.74) is 0.833. The zero-order chi connectivity index (χ0) is 17.0. The fourth-order valence-corrected chi connectivity index (χ4v) is 3.32. The molecular weight excluding hydrogens is 333 g/mol. The molecule has 0 radical (unpaired) electrons. The molecule has 128 valence electrons. The van der Waals surface area contributed by atoms with Crippen LogP contribution in [0.2, 0.25) is 10.0 Å². The first-order valence-corrected chi connectivity index (χ1v) is 8.94. The molecule has 0 saturated heterocycles. The van der Waals surface area contributed by atoms with E-state index in [1.807, 2.05) is 12.1 Å². The molecule has 0 aromatic heterocycles. The minimum absolute atomic E-state index is 0.0829. The lowest BCUT2D eigenvalue weighted by atomic mass is 9.83. The van der Waals surface area contributed by atoms with E-state index in [2.05, 4.69) is 19.2 Å². The van der Waals surface area contributed by atoms with Gasteiger partial charge in [-0.25, -0.2) is 0 Å². The van der Waals surface area contributed by atoms with Gasteiger partial charge in [-0.2, -0.15) is 0 Å². The lowest BCUT2D eigenvalue weighted by molar-refractivity contribution is -0.122. The van der Waals surface area contributed by atoms with Crippen LogP contribution in [0.3, 0.4) is 0 Å². The van der Waals surface area contributed by atoms with Crippen molar-refractivity contribution in [1.29, 1.82) is 0 Å². The second-order valence-electron chi connectivity index (χ2n) is 7.17. The molecule has 2 N–H and O–H groups in total. The Morgan fingerprint density at radius 1 is 1.22 bits per heavy atom. The zero-order valence-electron chi connectivity index (χ0n) is 13.7. The van der Waals surface area contributed by atoms with E-state index in [4.69, 9.17) is 23.2 Å². The van der Waals surface area contributed by atoms with Crippen LogP contribution in [-0.2, 0) is 10.2 Å². The Labute approximate surface area is 148 Å². The molecule has 1 aromatic carbocycles. The molecule has 2 rings (SSSR count). The Morgan fingerprint density at radius 3 is 2.48 bits per heavy atom. The topological polar surface area (TPSA) is 49.3 Å². The Balaban J connectivity index is 1.85. The first-order valence-electron chi connectivity index (χ1n) is 8.18. The van der Waals surface area contributed by atoms with Crippen LogP contribution in [0.5, 0.6) is 0 Å². The van der Waals surface area contributed by atoms with Crippen LogP contribution in [0.25, 0.3) is 0 Å². The van der Waals surface area contributed by atoms with E-state index >= 15 is 0 Å². The van der Waals surface area contributed by atoms with E-state index in [-0.39, 0.29) is 17.4 Å². The molecule has 5 heteroatoms. The van der Waals surface area contributed by atoms with Crippen molar-refractivity contribution < 1.29 is 9.90 Å². The van der Waals surface area contributed by atoms with Crippen molar-refractivity contribution in [3.63, 3.8) is 0 Å². The molecule has 1 aliphatic rings. The number of hydrogen-bond donors (Lipinski definition) is 2. The number of aliphatic hydroxyl groups is 1. The maximum Gasteiger partial charge on any atom is 0.220 e. The van der Waals surface area contributed by atoms with E-state index < -0.39 is 0 Å². The molecule has 1 amide bonds. The second-order valence-corrected chi connectivity index (χ2v) is 7.98. The summed E-state index contributed by atoms with van der Waals surface area (Å²) >= 11 is 12.0. The number of carbonyl (C=O) groups is 1. The number of rotatable bonds is 5. The summed E-state index contributed by atoms with van der Waals surface area (Å²) < 4.78 is 0. The number of halogens is 2. The summed E-state index contributed by atoms with van der Waals surface area (Å²) in [6, 6.07) is 5.59. The van der Waals surface area contributed by atoms with E-state index in [9.17, 15) is 9.90 Å². The minimum atomic E-state index is -0.216. The average Bonchev–Trinajstić information content (AvgIpc) is 2.50. The maximum atomic E-state index is 12.2. The number of nitrogens with one attached hydrogen (secondary N) is 1. The molecule has 1 fully saturated rings. The van der Waals surface area contributed by atoms with Crippen molar-refractivity contribution >= 4 is 29.1 Å². The summed E-state index contributed by atoms with van der Waals surface area (Å²) in [6.45, 7) is 4.70. The molecule has 0 aliphatic heterocycles. The monoisotopic (exact) mass is 357 g/mol. The van der Waals surface area contributed by atoms with Crippen molar-refractivity contribution in [2.75, 3.05) is 6.54 Å². The van der Waals surface area contributed by atoms with Gasteiger partial charge in [0.25, 0.3) is 0 Å². The molecule has 0 spiro atoms. The quantitative estimate of drug-likeness (QED) is 0.823. The van der Waals surface area contributed by atoms with Crippen LogP contribution >= 0.6 is 23.2 Å². The summed E-state index contributed by atoms with van der Waals surface area (Å²) in [7, 11) is 0. The summed E-state index contributed by atoms with van der Waals surface area (Å²) in [6.07, 6.45) is 3.86. The fraction of sp³-hybridized carbons (Fsp3) is 0.611. The second kappa shape index (κ2) is 7.87. The van der Waals surface area contributed by atoms with E-state index in [1.54, 1.807) is 6.07 Å². The maximum absolute atomic E-state index is 12.2. The van der Waals surface area contributed by atoms with Gasteiger partial charge in [0.2, 0.25) is 5.91 Å². The largest absolute Gasteiger partial charge is 0.393 e. The van der Waals surface area contributed by atoms with Gasteiger partial charge in [-0.05, 0) is 49.3 Å². The third-order valence-electron chi connectivity index (χ3n) is 4.72. The number of amides is 1. The standard InChI is InChI=1S/C18H25Cl2NO2/c1-18(2,13-5-8-15(19)16(20)10-13)11-21-17(23)9-12-3-6-14(22)7-4-12/h5,8,10,12,14,22H,3-4,6-7,9,11H2,1-2H3,(H,21,23). The Kier molecular flexibility index (Phi) is 6.35. The summed E-state index contributed by atoms with van der Waals surface area (Å²) in [4.78, 5) is 12.2. The Bertz CT molecular complexity index is 552. The highest BCUT2D eigenvalue weighted by molar-refractivity contribution is 6.42. The van der Waals surface area contributed by atoms with Gasteiger partial charge in [0.1, 0.15) is 0 Å². The van der Waals surface area contributed by atoms with Crippen molar-refractivity contribution in [3.8, 4) is 0 Å². The molecule has 23 heavy (non-hydrogen) atoms. The Hall–Kier alpha value is -0.770. The first-order chi connectivity index (χ1) is 10.8. The number of aliphatic hydroxyl groups excluding tert-OH is 1. The van der Waals surface area contributed by atoms with Crippen LogP contribution in [0.1, 0.15) is 51.5 Å². The highest BCUT2D eigenvalue weighted by Crippen LogP contribution is 2.30. The lowest BCUT2D eigenvalue weighted by Gasteiger charge is -2.28. The predicted molar refractivity (Wildman–Crippen MR) is 95.1 cm³/mol. The predicted octanol–water partition coefficient (Wildman–Crippen LogP) is 4.33. The number of benzene rings is 1. The first kappa shape index (κ1) is 18.6. The third-order valence-corrected chi connectivity index (χ3v) is 5.46. The average molecular weight is 358 g/mol. The minimum Gasteiger partial charge on any atom is -0.393 e.